The van der Waals surface area contributed by atoms with Gasteiger partial charge in [0.15, 0.2) is 0 Å². The molecule has 0 aliphatic heterocycles. The fraction of sp³-hybridized carbons (Fsp3) is 0.0909. The molecule has 0 aliphatic carbocycles. The molecule has 0 unspecified atom stereocenters. The first kappa shape index (κ1) is 10.2. The molecule has 0 bridgehead atoms. The lowest BCUT2D eigenvalue weighted by Gasteiger charge is -2.08. The van der Waals surface area contributed by atoms with Crippen molar-refractivity contribution in [3.8, 4) is 0 Å². The number of rotatable bonds is 2. The van der Waals surface area contributed by atoms with Crippen LogP contribution in [0.25, 0.3) is 0 Å². The molecular formula is C11H8ClFO2. The summed E-state index contributed by atoms with van der Waals surface area (Å²) >= 11 is 5.54. The van der Waals surface area contributed by atoms with Crippen LogP contribution in [0.4, 0.5) is 4.39 Å². The zero-order valence-electron chi connectivity index (χ0n) is 7.65. The predicted molar refractivity (Wildman–Crippen MR) is 54.2 cm³/mol. The number of hydrogen-bond donors (Lipinski definition) is 1. The summed E-state index contributed by atoms with van der Waals surface area (Å²) in [7, 11) is 0. The zero-order chi connectivity index (χ0) is 10.8. The van der Waals surface area contributed by atoms with Crippen LogP contribution in [0.5, 0.6) is 0 Å². The fourth-order valence-electron chi connectivity index (χ4n) is 1.31. The Bertz CT molecular complexity index is 454. The molecule has 4 heteroatoms. The average Bonchev–Trinajstić information content (AvgIpc) is 2.74. The molecule has 1 heterocycles. The molecule has 0 fully saturated rings. The largest absolute Gasteiger partial charge is 0.472 e. The van der Waals surface area contributed by atoms with Gasteiger partial charge in [0.05, 0.1) is 17.5 Å². The number of aliphatic hydroxyl groups is 1. The van der Waals surface area contributed by atoms with Crippen molar-refractivity contribution < 1.29 is 13.9 Å². The summed E-state index contributed by atoms with van der Waals surface area (Å²) in [5.41, 5.74) is 1.02. The fourth-order valence-corrected chi connectivity index (χ4v) is 1.42. The summed E-state index contributed by atoms with van der Waals surface area (Å²) in [6.07, 6.45) is 1.97. The number of hydrogen-bond acceptors (Lipinski definition) is 2. The molecule has 2 nitrogen and oxygen atoms in total. The Kier molecular flexibility index (Phi) is 2.75. The van der Waals surface area contributed by atoms with Crippen LogP contribution in [0.1, 0.15) is 17.2 Å². The highest BCUT2D eigenvalue weighted by Gasteiger charge is 2.13. The Labute approximate surface area is 90.9 Å². The zero-order valence-corrected chi connectivity index (χ0v) is 8.41. The standard InChI is InChI=1S/C11H8ClFO2/c12-9-2-1-7(5-10(9)13)11(14)8-3-4-15-6-8/h1-6,11,14H/t11-/m0/s1. The van der Waals surface area contributed by atoms with Crippen LogP contribution < -0.4 is 0 Å². The smallest absolute Gasteiger partial charge is 0.142 e. The SMILES string of the molecule is O[C@H](c1ccoc1)c1ccc(Cl)c(F)c1. The van der Waals surface area contributed by atoms with Crippen LogP contribution in [0.15, 0.2) is 41.2 Å². The summed E-state index contributed by atoms with van der Waals surface area (Å²) in [5.74, 6) is -0.545. The molecule has 1 aromatic heterocycles. The van der Waals surface area contributed by atoms with Crippen molar-refractivity contribution in [1.29, 1.82) is 0 Å². The van der Waals surface area contributed by atoms with E-state index >= 15 is 0 Å². The molecule has 0 aliphatic rings. The number of halogens is 2. The Morgan fingerprint density at radius 3 is 2.67 bits per heavy atom. The maximum absolute atomic E-state index is 13.1. The van der Waals surface area contributed by atoms with Gasteiger partial charge in [0.2, 0.25) is 0 Å². The second-order valence-electron chi connectivity index (χ2n) is 3.13. The normalized spacial score (nSPS) is 12.7. The maximum Gasteiger partial charge on any atom is 0.142 e. The van der Waals surface area contributed by atoms with Crippen molar-refractivity contribution in [2.45, 2.75) is 6.10 Å². The van der Waals surface area contributed by atoms with E-state index in [0.29, 0.717) is 11.1 Å². The molecule has 0 saturated carbocycles. The Balaban J connectivity index is 2.34. The molecule has 15 heavy (non-hydrogen) atoms. The van der Waals surface area contributed by atoms with Gasteiger partial charge in [-0.3, -0.25) is 0 Å². The first-order valence-electron chi connectivity index (χ1n) is 4.33. The van der Waals surface area contributed by atoms with Crippen molar-refractivity contribution in [3.05, 3.63) is 58.8 Å². The van der Waals surface area contributed by atoms with E-state index in [2.05, 4.69) is 0 Å². The lowest BCUT2D eigenvalue weighted by molar-refractivity contribution is 0.219. The lowest BCUT2D eigenvalue weighted by Crippen LogP contribution is -1.98. The minimum absolute atomic E-state index is 0.0399. The molecule has 1 atom stereocenters. The summed E-state index contributed by atoms with van der Waals surface area (Å²) in [6.45, 7) is 0. The highest BCUT2D eigenvalue weighted by molar-refractivity contribution is 6.30. The van der Waals surface area contributed by atoms with Crippen LogP contribution >= 0.6 is 11.6 Å². The van der Waals surface area contributed by atoms with Gasteiger partial charge in [-0.05, 0) is 23.8 Å². The number of aliphatic hydroxyl groups excluding tert-OH is 1. The van der Waals surface area contributed by atoms with E-state index in [1.807, 2.05) is 0 Å². The molecule has 0 saturated heterocycles. The molecule has 2 rings (SSSR count). The van der Waals surface area contributed by atoms with Crippen LogP contribution in [-0.2, 0) is 0 Å². The third-order valence-corrected chi connectivity index (χ3v) is 2.42. The third-order valence-electron chi connectivity index (χ3n) is 2.12. The highest BCUT2D eigenvalue weighted by atomic mass is 35.5. The molecule has 1 N–H and O–H groups in total. The predicted octanol–water partition coefficient (Wildman–Crippen LogP) is 3.15. The first-order chi connectivity index (χ1) is 7.18. The number of furan rings is 1. The van der Waals surface area contributed by atoms with Gasteiger partial charge in [0.25, 0.3) is 0 Å². The van der Waals surface area contributed by atoms with Gasteiger partial charge in [0.1, 0.15) is 11.9 Å². The van der Waals surface area contributed by atoms with Crippen molar-refractivity contribution in [2.75, 3.05) is 0 Å². The molecule has 0 spiro atoms. The van der Waals surface area contributed by atoms with E-state index < -0.39 is 11.9 Å². The summed E-state index contributed by atoms with van der Waals surface area (Å²) in [4.78, 5) is 0. The van der Waals surface area contributed by atoms with E-state index in [-0.39, 0.29) is 5.02 Å². The molecule has 1 aromatic carbocycles. The van der Waals surface area contributed by atoms with Gasteiger partial charge in [-0.1, -0.05) is 17.7 Å². The molecule has 78 valence electrons. The van der Waals surface area contributed by atoms with Crippen molar-refractivity contribution in [1.82, 2.24) is 0 Å². The van der Waals surface area contributed by atoms with E-state index in [1.165, 1.54) is 24.7 Å². The van der Waals surface area contributed by atoms with Crippen LogP contribution in [0, 0.1) is 5.82 Å². The maximum atomic E-state index is 13.1. The van der Waals surface area contributed by atoms with Gasteiger partial charge >= 0.3 is 0 Å². The molecule has 0 radical (unpaired) electrons. The molecular weight excluding hydrogens is 219 g/mol. The monoisotopic (exact) mass is 226 g/mol. The van der Waals surface area contributed by atoms with Crippen molar-refractivity contribution >= 4 is 11.6 Å². The van der Waals surface area contributed by atoms with Crippen LogP contribution in [-0.4, -0.2) is 5.11 Å². The summed E-state index contributed by atoms with van der Waals surface area (Å²) < 4.78 is 17.9. The van der Waals surface area contributed by atoms with Gasteiger partial charge in [-0.2, -0.15) is 0 Å². The van der Waals surface area contributed by atoms with Gasteiger partial charge < -0.3 is 9.52 Å². The second-order valence-corrected chi connectivity index (χ2v) is 3.54. The summed E-state index contributed by atoms with van der Waals surface area (Å²) in [6, 6.07) is 5.82. The van der Waals surface area contributed by atoms with Crippen molar-refractivity contribution in [3.63, 3.8) is 0 Å². The molecule has 2 aromatic rings. The lowest BCUT2D eigenvalue weighted by atomic mass is 10.0. The van der Waals surface area contributed by atoms with E-state index in [1.54, 1.807) is 12.1 Å². The topological polar surface area (TPSA) is 33.4 Å². The first-order valence-corrected chi connectivity index (χ1v) is 4.71. The quantitative estimate of drug-likeness (QED) is 0.853. The number of benzene rings is 1. The van der Waals surface area contributed by atoms with E-state index in [9.17, 15) is 9.50 Å². The minimum Gasteiger partial charge on any atom is -0.472 e. The van der Waals surface area contributed by atoms with E-state index in [4.69, 9.17) is 16.0 Å². The average molecular weight is 227 g/mol. The van der Waals surface area contributed by atoms with Gasteiger partial charge in [0, 0.05) is 5.56 Å². The highest BCUT2D eigenvalue weighted by Crippen LogP contribution is 2.25. The van der Waals surface area contributed by atoms with Crippen LogP contribution in [0.2, 0.25) is 5.02 Å². The molecule has 0 amide bonds. The van der Waals surface area contributed by atoms with Gasteiger partial charge in [-0.15, -0.1) is 0 Å². The van der Waals surface area contributed by atoms with E-state index in [0.717, 1.165) is 0 Å². The Morgan fingerprint density at radius 1 is 1.27 bits per heavy atom. The van der Waals surface area contributed by atoms with Crippen LogP contribution in [0.3, 0.4) is 0 Å². The summed E-state index contributed by atoms with van der Waals surface area (Å²) in [5, 5.41) is 9.87. The van der Waals surface area contributed by atoms with Crippen molar-refractivity contribution in [2.24, 2.45) is 0 Å². The minimum atomic E-state index is -0.893. The van der Waals surface area contributed by atoms with Gasteiger partial charge in [-0.25, -0.2) is 4.39 Å². The third kappa shape index (κ3) is 2.03. The second kappa shape index (κ2) is 4.04. The Morgan fingerprint density at radius 2 is 2.07 bits per heavy atom. The Hall–Kier alpha value is -1.32.